The Bertz CT molecular complexity index is 1330. The Balaban J connectivity index is 1.50. The molecule has 2 aromatic carbocycles. The molecule has 0 unspecified atom stereocenters. The van der Waals surface area contributed by atoms with E-state index in [1.54, 1.807) is 0 Å². The monoisotopic (exact) mass is 474 g/mol. The van der Waals surface area contributed by atoms with Gasteiger partial charge in [0.05, 0.1) is 16.5 Å². The van der Waals surface area contributed by atoms with Crippen molar-refractivity contribution in [3.05, 3.63) is 81.5 Å². The van der Waals surface area contributed by atoms with E-state index in [1.165, 1.54) is 22.7 Å². The smallest absolute Gasteiger partial charge is 0.348 e. The van der Waals surface area contributed by atoms with E-state index in [9.17, 15) is 15.2 Å². The molecule has 0 saturated heterocycles. The van der Waals surface area contributed by atoms with E-state index in [-0.39, 0.29) is 10.3 Å². The van der Waals surface area contributed by atoms with Crippen LogP contribution < -0.4 is 4.74 Å². The van der Waals surface area contributed by atoms with Crippen molar-refractivity contribution in [2.24, 2.45) is 0 Å². The summed E-state index contributed by atoms with van der Waals surface area (Å²) >= 11 is 2.64. The zero-order valence-electron chi connectivity index (χ0n) is 18.5. The van der Waals surface area contributed by atoms with Crippen LogP contribution in [0, 0.1) is 11.3 Å². The van der Waals surface area contributed by atoms with Gasteiger partial charge in [-0.15, -0.1) is 22.7 Å². The summed E-state index contributed by atoms with van der Waals surface area (Å²) in [7, 11) is 0. The van der Waals surface area contributed by atoms with E-state index in [1.807, 2.05) is 60.0 Å². The van der Waals surface area contributed by atoms with Gasteiger partial charge in [0.15, 0.2) is 0 Å². The molecule has 0 atom stereocenters. The van der Waals surface area contributed by atoms with E-state index in [2.05, 4.69) is 31.8 Å². The van der Waals surface area contributed by atoms with Gasteiger partial charge in [-0.05, 0) is 58.3 Å². The molecule has 7 heteroatoms. The van der Waals surface area contributed by atoms with Gasteiger partial charge < -0.3 is 9.84 Å². The second-order valence-corrected chi connectivity index (χ2v) is 10.5. The molecule has 4 aromatic rings. The Hall–Kier alpha value is -3.47. The molecule has 1 N–H and O–H groups in total. The predicted octanol–water partition coefficient (Wildman–Crippen LogP) is 6.98. The van der Waals surface area contributed by atoms with Crippen LogP contribution in [0.5, 0.6) is 5.75 Å². The average molecular weight is 475 g/mol. The summed E-state index contributed by atoms with van der Waals surface area (Å²) in [6.07, 6.45) is 0. The van der Waals surface area contributed by atoms with E-state index >= 15 is 0 Å². The zero-order chi connectivity index (χ0) is 23.6. The highest BCUT2D eigenvalue weighted by atomic mass is 32.1. The van der Waals surface area contributed by atoms with Gasteiger partial charge in [0.1, 0.15) is 27.9 Å². The van der Waals surface area contributed by atoms with Crippen LogP contribution in [-0.4, -0.2) is 16.1 Å². The second kappa shape index (κ2) is 9.18. The summed E-state index contributed by atoms with van der Waals surface area (Å²) in [5.74, 6) is -0.290. The van der Waals surface area contributed by atoms with Crippen LogP contribution in [0.25, 0.3) is 21.1 Å². The van der Waals surface area contributed by atoms with Gasteiger partial charge in [-0.1, -0.05) is 39.0 Å². The molecular weight excluding hydrogens is 452 g/mol. The maximum absolute atomic E-state index is 11.7. The van der Waals surface area contributed by atoms with Gasteiger partial charge in [-0.2, -0.15) is 5.26 Å². The number of nitrogens with zero attached hydrogens (tertiary/aromatic N) is 2. The quantitative estimate of drug-likeness (QED) is 0.326. The van der Waals surface area contributed by atoms with Crippen molar-refractivity contribution in [1.29, 1.82) is 5.26 Å². The fourth-order valence-corrected chi connectivity index (χ4v) is 5.17. The number of rotatable bonds is 6. The van der Waals surface area contributed by atoms with Crippen LogP contribution in [0.4, 0.5) is 0 Å². The van der Waals surface area contributed by atoms with Gasteiger partial charge in [0.2, 0.25) is 0 Å². The Morgan fingerprint density at radius 1 is 1.15 bits per heavy atom. The molecule has 0 aliphatic heterocycles. The van der Waals surface area contributed by atoms with Crippen molar-refractivity contribution in [3.8, 4) is 33.0 Å². The molecule has 0 saturated carbocycles. The lowest BCUT2D eigenvalue weighted by Crippen LogP contribution is -2.13. The van der Waals surface area contributed by atoms with E-state index in [0.29, 0.717) is 28.6 Å². The number of aromatic nitrogens is 1. The summed E-state index contributed by atoms with van der Waals surface area (Å²) in [5, 5.41) is 21.7. The highest BCUT2D eigenvalue weighted by Crippen LogP contribution is 2.36. The van der Waals surface area contributed by atoms with Crippen molar-refractivity contribution in [3.63, 3.8) is 0 Å². The molecule has 2 heterocycles. The molecule has 166 valence electrons. The number of carboxylic acid groups (broad SMARTS) is 1. The number of carbonyl (C=O) groups is 1. The van der Waals surface area contributed by atoms with Crippen molar-refractivity contribution in [2.45, 2.75) is 32.8 Å². The van der Waals surface area contributed by atoms with Gasteiger partial charge in [-0.3, -0.25) is 0 Å². The topological polar surface area (TPSA) is 83.2 Å². The summed E-state index contributed by atoms with van der Waals surface area (Å²) in [6, 6.07) is 19.3. The zero-order valence-corrected chi connectivity index (χ0v) is 20.1. The highest BCUT2D eigenvalue weighted by molar-refractivity contribution is 7.18. The number of hydrogen-bond acceptors (Lipinski definition) is 6. The Labute approximate surface area is 200 Å². The van der Waals surface area contributed by atoms with Crippen LogP contribution >= 0.6 is 22.7 Å². The van der Waals surface area contributed by atoms with Crippen LogP contribution in [0.2, 0.25) is 0 Å². The Morgan fingerprint density at radius 3 is 2.52 bits per heavy atom. The van der Waals surface area contributed by atoms with Gasteiger partial charge >= 0.3 is 5.97 Å². The molecule has 0 bridgehead atoms. The average Bonchev–Trinajstić information content (AvgIpc) is 3.47. The van der Waals surface area contributed by atoms with Crippen LogP contribution in [0.3, 0.4) is 0 Å². The van der Waals surface area contributed by atoms with E-state index < -0.39 is 5.97 Å². The van der Waals surface area contributed by atoms with Crippen molar-refractivity contribution in [1.82, 2.24) is 4.98 Å². The third kappa shape index (κ3) is 4.98. The van der Waals surface area contributed by atoms with Crippen molar-refractivity contribution >= 4 is 28.6 Å². The number of thiophene rings is 1. The number of nitriles is 1. The summed E-state index contributed by atoms with van der Waals surface area (Å²) in [4.78, 5) is 17.4. The number of carboxylic acids is 1. The molecule has 4 rings (SSSR count). The predicted molar refractivity (Wildman–Crippen MR) is 132 cm³/mol. The minimum absolute atomic E-state index is 0.0972. The first-order valence-electron chi connectivity index (χ1n) is 10.3. The first kappa shape index (κ1) is 22.7. The standard InChI is InChI=1S/C26H22N2O3S2/c1-26(2,3)20-11-6-16(13-18(20)14-27)15-31-19-9-7-17(8-10-19)24-28-22(21-5-4-12-32-21)23(33-24)25(29)30/h4-13H,15H2,1-3H3,(H,29,30). The van der Waals surface area contributed by atoms with Crippen molar-refractivity contribution in [2.75, 3.05) is 0 Å². The minimum atomic E-state index is -0.976. The van der Waals surface area contributed by atoms with Crippen LogP contribution in [0.15, 0.2) is 60.0 Å². The number of aromatic carboxylic acids is 1. The second-order valence-electron chi connectivity index (χ2n) is 8.53. The minimum Gasteiger partial charge on any atom is -0.489 e. The summed E-state index contributed by atoms with van der Waals surface area (Å²) in [5.41, 5.74) is 3.85. The van der Waals surface area contributed by atoms with E-state index in [0.717, 1.165) is 21.6 Å². The third-order valence-electron chi connectivity index (χ3n) is 5.10. The first-order chi connectivity index (χ1) is 15.8. The van der Waals surface area contributed by atoms with Crippen LogP contribution in [0.1, 0.15) is 47.1 Å². The Kier molecular flexibility index (Phi) is 6.32. The maximum Gasteiger partial charge on any atom is 0.348 e. The fraction of sp³-hybridized carbons (Fsp3) is 0.192. The first-order valence-corrected chi connectivity index (χ1v) is 12.0. The number of hydrogen-bond donors (Lipinski definition) is 1. The molecule has 0 spiro atoms. The molecule has 33 heavy (non-hydrogen) atoms. The maximum atomic E-state index is 11.7. The number of ether oxygens (including phenoxy) is 1. The molecule has 0 aliphatic carbocycles. The molecule has 5 nitrogen and oxygen atoms in total. The molecule has 2 aromatic heterocycles. The molecule has 0 aliphatic rings. The van der Waals surface area contributed by atoms with Gasteiger partial charge in [0.25, 0.3) is 0 Å². The number of benzene rings is 2. The van der Waals surface area contributed by atoms with Crippen LogP contribution in [-0.2, 0) is 12.0 Å². The SMILES string of the molecule is CC(C)(C)c1ccc(COc2ccc(-c3nc(-c4cccs4)c(C(=O)O)s3)cc2)cc1C#N. The van der Waals surface area contributed by atoms with Crippen molar-refractivity contribution < 1.29 is 14.6 Å². The summed E-state index contributed by atoms with van der Waals surface area (Å²) < 4.78 is 5.92. The number of thiazole rings is 1. The van der Waals surface area contributed by atoms with Gasteiger partial charge in [-0.25, -0.2) is 9.78 Å². The molecular formula is C26H22N2O3S2. The van der Waals surface area contributed by atoms with Gasteiger partial charge in [0, 0.05) is 5.56 Å². The largest absolute Gasteiger partial charge is 0.489 e. The third-order valence-corrected chi connectivity index (χ3v) is 7.06. The summed E-state index contributed by atoms with van der Waals surface area (Å²) in [6.45, 7) is 6.62. The lowest BCUT2D eigenvalue weighted by molar-refractivity contribution is 0.0702. The molecule has 0 amide bonds. The fourth-order valence-electron chi connectivity index (χ4n) is 3.46. The lowest BCUT2D eigenvalue weighted by atomic mass is 9.83. The molecule has 0 fully saturated rings. The van der Waals surface area contributed by atoms with E-state index in [4.69, 9.17) is 4.74 Å². The lowest BCUT2D eigenvalue weighted by Gasteiger charge is -2.21. The normalized spacial score (nSPS) is 11.2. The Morgan fingerprint density at radius 2 is 1.91 bits per heavy atom. The molecule has 0 radical (unpaired) electrons. The highest BCUT2D eigenvalue weighted by Gasteiger charge is 2.20.